The zero-order valence-electron chi connectivity index (χ0n) is 11.2. The molecule has 0 saturated heterocycles. The molecule has 4 heteroatoms. The molecule has 0 radical (unpaired) electrons. The lowest BCUT2D eigenvalue weighted by Crippen LogP contribution is -2.26. The third-order valence-electron chi connectivity index (χ3n) is 2.93. The van der Waals surface area contributed by atoms with Gasteiger partial charge in [0.15, 0.2) is 0 Å². The van der Waals surface area contributed by atoms with E-state index < -0.39 is 0 Å². The number of amides is 1. The van der Waals surface area contributed by atoms with E-state index in [1.54, 1.807) is 12.4 Å². The van der Waals surface area contributed by atoms with Gasteiger partial charge in [0, 0.05) is 18.8 Å². The molecule has 0 aliphatic rings. The maximum absolute atomic E-state index is 11.8. The van der Waals surface area contributed by atoms with Crippen LogP contribution >= 0.6 is 0 Å². The summed E-state index contributed by atoms with van der Waals surface area (Å²) in [4.78, 5) is 15.9. The zero-order valence-corrected chi connectivity index (χ0v) is 11.2. The average molecular weight is 258 g/mol. The second-order valence-corrected chi connectivity index (χ2v) is 4.60. The Morgan fingerprint density at radius 1 is 1.42 bits per heavy atom. The summed E-state index contributed by atoms with van der Waals surface area (Å²) in [5.74, 6) is 1.66. The van der Waals surface area contributed by atoms with Crippen molar-refractivity contribution < 1.29 is 9.21 Å². The number of pyridine rings is 1. The Labute approximate surface area is 112 Å². The molecule has 0 bridgehead atoms. The quantitative estimate of drug-likeness (QED) is 0.897. The zero-order chi connectivity index (χ0) is 13.7. The first-order valence-electron chi connectivity index (χ1n) is 6.40. The van der Waals surface area contributed by atoms with Crippen molar-refractivity contribution >= 4 is 5.91 Å². The molecule has 100 valence electrons. The molecule has 0 aromatic carbocycles. The summed E-state index contributed by atoms with van der Waals surface area (Å²) >= 11 is 0. The van der Waals surface area contributed by atoms with Crippen molar-refractivity contribution in [3.63, 3.8) is 0 Å². The van der Waals surface area contributed by atoms with Crippen molar-refractivity contribution in [3.8, 4) is 0 Å². The van der Waals surface area contributed by atoms with Crippen LogP contribution in [0.3, 0.4) is 0 Å². The number of rotatable bonds is 5. The molecule has 1 unspecified atom stereocenters. The van der Waals surface area contributed by atoms with Crippen LogP contribution in [0.15, 0.2) is 41.1 Å². The monoisotopic (exact) mass is 258 g/mol. The standard InChI is InChI=1S/C15H18N2O2/c1-11-5-7-14(19-11)12(2)17-15(18)8-6-13-4-3-9-16-10-13/h3-5,7,9-10,12H,6,8H2,1-2H3,(H,17,18). The highest BCUT2D eigenvalue weighted by Crippen LogP contribution is 2.15. The number of aromatic nitrogens is 1. The molecule has 2 rings (SSSR count). The number of hydrogen-bond acceptors (Lipinski definition) is 3. The minimum atomic E-state index is -0.102. The van der Waals surface area contributed by atoms with Gasteiger partial charge in [-0.3, -0.25) is 9.78 Å². The van der Waals surface area contributed by atoms with E-state index in [1.165, 1.54) is 0 Å². The first-order chi connectivity index (χ1) is 9.15. The van der Waals surface area contributed by atoms with Crippen LogP contribution in [-0.2, 0) is 11.2 Å². The number of hydrogen-bond donors (Lipinski definition) is 1. The van der Waals surface area contributed by atoms with Crippen LogP contribution < -0.4 is 5.32 Å². The molecular weight excluding hydrogens is 240 g/mol. The smallest absolute Gasteiger partial charge is 0.220 e. The third-order valence-corrected chi connectivity index (χ3v) is 2.93. The molecule has 0 spiro atoms. The molecule has 1 atom stereocenters. The van der Waals surface area contributed by atoms with Gasteiger partial charge in [-0.05, 0) is 44.0 Å². The van der Waals surface area contributed by atoms with E-state index in [0.29, 0.717) is 12.8 Å². The molecule has 1 N–H and O–H groups in total. The second-order valence-electron chi connectivity index (χ2n) is 4.60. The van der Waals surface area contributed by atoms with E-state index >= 15 is 0 Å². The van der Waals surface area contributed by atoms with Gasteiger partial charge in [-0.25, -0.2) is 0 Å². The fraction of sp³-hybridized carbons (Fsp3) is 0.333. The van der Waals surface area contributed by atoms with Gasteiger partial charge in [0.05, 0.1) is 6.04 Å². The highest BCUT2D eigenvalue weighted by atomic mass is 16.3. The maximum Gasteiger partial charge on any atom is 0.220 e. The number of aryl methyl sites for hydroxylation is 2. The van der Waals surface area contributed by atoms with E-state index in [0.717, 1.165) is 17.1 Å². The van der Waals surface area contributed by atoms with E-state index in [1.807, 2.05) is 38.1 Å². The molecule has 0 saturated carbocycles. The van der Waals surface area contributed by atoms with Crippen molar-refractivity contribution in [2.75, 3.05) is 0 Å². The van der Waals surface area contributed by atoms with Crippen LogP contribution in [0, 0.1) is 6.92 Å². The Bertz CT molecular complexity index is 534. The number of nitrogens with one attached hydrogen (secondary N) is 1. The van der Waals surface area contributed by atoms with E-state index in [9.17, 15) is 4.79 Å². The van der Waals surface area contributed by atoms with E-state index in [4.69, 9.17) is 4.42 Å². The van der Waals surface area contributed by atoms with Gasteiger partial charge in [0.25, 0.3) is 0 Å². The first-order valence-corrected chi connectivity index (χ1v) is 6.40. The van der Waals surface area contributed by atoms with Gasteiger partial charge in [-0.15, -0.1) is 0 Å². The van der Waals surface area contributed by atoms with Gasteiger partial charge < -0.3 is 9.73 Å². The summed E-state index contributed by atoms with van der Waals surface area (Å²) in [7, 11) is 0. The molecule has 0 fully saturated rings. The number of carbonyl (C=O) groups excluding carboxylic acids is 1. The molecular formula is C15H18N2O2. The number of furan rings is 1. The average Bonchev–Trinajstić information content (AvgIpc) is 2.84. The number of nitrogens with zero attached hydrogens (tertiary/aromatic N) is 1. The summed E-state index contributed by atoms with van der Waals surface area (Å²) in [6.07, 6.45) is 4.66. The lowest BCUT2D eigenvalue weighted by molar-refractivity contribution is -0.121. The Morgan fingerprint density at radius 2 is 2.26 bits per heavy atom. The lowest BCUT2D eigenvalue weighted by Gasteiger charge is -2.11. The minimum absolute atomic E-state index is 0.0189. The van der Waals surface area contributed by atoms with Gasteiger partial charge >= 0.3 is 0 Å². The largest absolute Gasteiger partial charge is 0.464 e. The second kappa shape index (κ2) is 6.18. The van der Waals surface area contributed by atoms with Crippen molar-refractivity contribution in [1.29, 1.82) is 0 Å². The van der Waals surface area contributed by atoms with Crippen LogP contribution in [-0.4, -0.2) is 10.9 Å². The minimum Gasteiger partial charge on any atom is -0.464 e. The molecule has 2 aromatic rings. The Kier molecular flexibility index (Phi) is 4.34. The fourth-order valence-electron chi connectivity index (χ4n) is 1.87. The SMILES string of the molecule is Cc1ccc(C(C)NC(=O)CCc2cccnc2)o1. The van der Waals surface area contributed by atoms with Crippen LogP contribution in [0.2, 0.25) is 0 Å². The van der Waals surface area contributed by atoms with Gasteiger partial charge in [-0.1, -0.05) is 6.07 Å². The molecule has 0 aliphatic carbocycles. The van der Waals surface area contributed by atoms with Gasteiger partial charge in [-0.2, -0.15) is 0 Å². The van der Waals surface area contributed by atoms with Crippen LogP contribution in [0.4, 0.5) is 0 Å². The Morgan fingerprint density at radius 3 is 2.89 bits per heavy atom. The van der Waals surface area contributed by atoms with Crippen molar-refractivity contribution in [2.24, 2.45) is 0 Å². The molecule has 0 aliphatic heterocycles. The number of carbonyl (C=O) groups is 1. The summed E-state index contributed by atoms with van der Waals surface area (Å²) in [6, 6.07) is 7.53. The molecule has 1 amide bonds. The predicted molar refractivity (Wildman–Crippen MR) is 72.6 cm³/mol. The van der Waals surface area contributed by atoms with Crippen molar-refractivity contribution in [3.05, 3.63) is 53.7 Å². The van der Waals surface area contributed by atoms with Crippen LogP contribution in [0.5, 0.6) is 0 Å². The first kappa shape index (κ1) is 13.3. The fourth-order valence-corrected chi connectivity index (χ4v) is 1.87. The topological polar surface area (TPSA) is 55.1 Å². The summed E-state index contributed by atoms with van der Waals surface area (Å²) in [6.45, 7) is 3.81. The lowest BCUT2D eigenvalue weighted by atomic mass is 10.1. The van der Waals surface area contributed by atoms with Crippen molar-refractivity contribution in [1.82, 2.24) is 10.3 Å². The highest BCUT2D eigenvalue weighted by molar-refractivity contribution is 5.76. The maximum atomic E-state index is 11.8. The molecule has 2 heterocycles. The molecule has 19 heavy (non-hydrogen) atoms. The van der Waals surface area contributed by atoms with Crippen LogP contribution in [0.1, 0.15) is 36.5 Å². The van der Waals surface area contributed by atoms with Crippen molar-refractivity contribution in [2.45, 2.75) is 32.7 Å². The predicted octanol–water partition coefficient (Wildman–Crippen LogP) is 2.79. The summed E-state index contributed by atoms with van der Waals surface area (Å²) in [5.41, 5.74) is 1.07. The molecule has 2 aromatic heterocycles. The highest BCUT2D eigenvalue weighted by Gasteiger charge is 2.12. The molecule has 4 nitrogen and oxygen atoms in total. The third kappa shape index (κ3) is 3.95. The van der Waals surface area contributed by atoms with Gasteiger partial charge in [0.1, 0.15) is 11.5 Å². The Balaban J connectivity index is 1.81. The summed E-state index contributed by atoms with van der Waals surface area (Å²) in [5, 5.41) is 2.93. The van der Waals surface area contributed by atoms with Gasteiger partial charge in [0.2, 0.25) is 5.91 Å². The van der Waals surface area contributed by atoms with E-state index in [2.05, 4.69) is 10.3 Å². The van der Waals surface area contributed by atoms with E-state index in [-0.39, 0.29) is 11.9 Å². The van der Waals surface area contributed by atoms with Crippen LogP contribution in [0.25, 0.3) is 0 Å². The Hall–Kier alpha value is -2.10. The normalized spacial score (nSPS) is 12.1. The summed E-state index contributed by atoms with van der Waals surface area (Å²) < 4.78 is 5.48.